The molecule has 3 unspecified atom stereocenters. The first-order valence-corrected chi connectivity index (χ1v) is 9.92. The molecule has 4 N–H and O–H groups in total. The third-order valence-corrected chi connectivity index (χ3v) is 8.58. The number of hydrogen-bond acceptors (Lipinski definition) is 6. The van der Waals surface area contributed by atoms with Crippen LogP contribution in [0, 0.1) is 22.7 Å². The van der Waals surface area contributed by atoms with Crippen molar-refractivity contribution < 1.29 is 38.8 Å². The van der Waals surface area contributed by atoms with Crippen molar-refractivity contribution in [1.29, 1.82) is 0 Å². The second kappa shape index (κ2) is 5.95. The summed E-state index contributed by atoms with van der Waals surface area (Å²) in [4.78, 5) is 25.2. The van der Waals surface area contributed by atoms with Gasteiger partial charge >= 0.3 is 0 Å². The highest BCUT2D eigenvalue weighted by Gasteiger charge is 2.75. The van der Waals surface area contributed by atoms with Gasteiger partial charge in [0.25, 0.3) is 0 Å². The molecule has 0 heterocycles. The highest BCUT2D eigenvalue weighted by molar-refractivity contribution is 6.00. The van der Waals surface area contributed by atoms with Crippen LogP contribution in [0.2, 0.25) is 0 Å². The maximum absolute atomic E-state index is 16.7. The van der Waals surface area contributed by atoms with Gasteiger partial charge in [-0.1, -0.05) is 6.92 Å². The number of fused-ring (bicyclic) bond motifs is 5. The molecule has 0 aliphatic heterocycles. The van der Waals surface area contributed by atoms with Crippen LogP contribution in [0.4, 0.5) is 8.78 Å². The van der Waals surface area contributed by atoms with Crippen molar-refractivity contribution in [3.63, 3.8) is 0 Å². The minimum atomic E-state index is -2.26. The summed E-state index contributed by atoms with van der Waals surface area (Å²) in [6.07, 6.45) is -1.84. The summed E-state index contributed by atoms with van der Waals surface area (Å²) in [7, 11) is 0. The van der Waals surface area contributed by atoms with Crippen molar-refractivity contribution in [3.05, 3.63) is 23.5 Å². The Labute approximate surface area is 166 Å². The molecule has 8 heteroatoms. The van der Waals surface area contributed by atoms with Gasteiger partial charge in [-0.05, 0) is 50.2 Å². The predicted octanol–water partition coefficient (Wildman–Crippen LogP) is 1.48. The number of carbonyl (C=O) groups excluding carboxylic acids is 2. The third-order valence-electron chi connectivity index (χ3n) is 8.58. The number of ketones is 2. The van der Waals surface area contributed by atoms with Crippen LogP contribution in [-0.2, 0) is 9.59 Å². The van der Waals surface area contributed by atoms with Gasteiger partial charge in [0, 0.05) is 17.4 Å². The van der Waals surface area contributed by atoms with Gasteiger partial charge in [0.15, 0.2) is 17.2 Å². The summed E-state index contributed by atoms with van der Waals surface area (Å²) in [5.41, 5.74) is -7.59. The summed E-state index contributed by atoms with van der Waals surface area (Å²) in [6, 6.07) is 0. The molecule has 3 saturated carbocycles. The molecule has 29 heavy (non-hydrogen) atoms. The molecule has 6 nitrogen and oxygen atoms in total. The van der Waals surface area contributed by atoms with Crippen molar-refractivity contribution in [1.82, 2.24) is 0 Å². The van der Waals surface area contributed by atoms with Gasteiger partial charge in [0.05, 0.1) is 11.5 Å². The maximum atomic E-state index is 16.7. The Bertz CT molecular complexity index is 854. The molecule has 0 amide bonds. The van der Waals surface area contributed by atoms with Gasteiger partial charge in [-0.2, -0.15) is 0 Å². The summed E-state index contributed by atoms with van der Waals surface area (Å²) < 4.78 is 31.9. The van der Waals surface area contributed by atoms with Crippen molar-refractivity contribution in [2.24, 2.45) is 22.7 Å². The summed E-state index contributed by atoms with van der Waals surface area (Å²) in [5.74, 6) is -3.85. The molecule has 0 spiro atoms. The van der Waals surface area contributed by atoms with Gasteiger partial charge in [-0.15, -0.1) is 0 Å². The SMILES string of the molecule is CC12C(=O)C=C(O)C=C1[C@@H](F)CC1[C@@H]3C[C@@H](O)[C@](O)(C(=O)CO)[C@@]3(C)CCC12F. The highest BCUT2D eigenvalue weighted by atomic mass is 19.1. The Balaban J connectivity index is 1.84. The molecule has 160 valence electrons. The number of hydrogen-bond donors (Lipinski definition) is 4. The molecule has 0 aromatic rings. The lowest BCUT2D eigenvalue weighted by Crippen LogP contribution is -2.67. The molecule has 0 radical (unpaired) electrons. The summed E-state index contributed by atoms with van der Waals surface area (Å²) in [6.45, 7) is 1.94. The summed E-state index contributed by atoms with van der Waals surface area (Å²) >= 11 is 0. The fraction of sp³-hybridized carbons (Fsp3) is 0.714. The number of halogens is 2. The number of aliphatic hydroxyl groups is 4. The third kappa shape index (κ3) is 2.15. The molecular weight excluding hydrogens is 386 g/mol. The Morgan fingerprint density at radius 2 is 1.86 bits per heavy atom. The van der Waals surface area contributed by atoms with Gasteiger partial charge in [0.1, 0.15) is 24.2 Å². The second-order valence-corrected chi connectivity index (χ2v) is 9.45. The molecule has 0 saturated heterocycles. The minimum absolute atomic E-state index is 0.0211. The van der Waals surface area contributed by atoms with Gasteiger partial charge in [-0.25, -0.2) is 8.78 Å². The van der Waals surface area contributed by atoms with E-state index in [0.717, 1.165) is 12.2 Å². The van der Waals surface area contributed by atoms with Gasteiger partial charge in [-0.3, -0.25) is 9.59 Å². The zero-order valence-electron chi connectivity index (χ0n) is 16.4. The Hall–Kier alpha value is -1.64. The van der Waals surface area contributed by atoms with E-state index in [2.05, 4.69) is 0 Å². The van der Waals surface area contributed by atoms with Crippen LogP contribution >= 0.6 is 0 Å². The molecule has 0 aromatic carbocycles. The fourth-order valence-electron chi connectivity index (χ4n) is 6.83. The smallest absolute Gasteiger partial charge is 0.192 e. The molecule has 8 atom stereocenters. The van der Waals surface area contributed by atoms with E-state index in [0.29, 0.717) is 0 Å². The van der Waals surface area contributed by atoms with E-state index in [1.54, 1.807) is 6.92 Å². The molecule has 4 aliphatic carbocycles. The number of allylic oxidation sites excluding steroid dienone is 3. The fourth-order valence-corrected chi connectivity index (χ4v) is 6.83. The van der Waals surface area contributed by atoms with E-state index in [4.69, 9.17) is 0 Å². The number of Topliss-reactive ketones (excluding diaryl/α,β-unsaturated/α-hetero) is 1. The topological polar surface area (TPSA) is 115 Å². The first-order chi connectivity index (χ1) is 13.4. The molecule has 3 fully saturated rings. The van der Waals surface area contributed by atoms with Crippen LogP contribution in [0.25, 0.3) is 0 Å². The van der Waals surface area contributed by atoms with E-state index >= 15 is 8.78 Å². The zero-order chi connectivity index (χ0) is 21.6. The van der Waals surface area contributed by atoms with E-state index in [1.807, 2.05) is 0 Å². The average Bonchev–Trinajstić information content (AvgIpc) is 2.87. The van der Waals surface area contributed by atoms with Crippen molar-refractivity contribution in [2.45, 2.75) is 63.1 Å². The van der Waals surface area contributed by atoms with Crippen LogP contribution in [0.15, 0.2) is 23.5 Å². The van der Waals surface area contributed by atoms with Crippen LogP contribution in [0.5, 0.6) is 0 Å². The summed E-state index contributed by atoms with van der Waals surface area (Å²) in [5, 5.41) is 40.7. The first kappa shape index (κ1) is 20.6. The Morgan fingerprint density at radius 3 is 2.48 bits per heavy atom. The Kier molecular flexibility index (Phi) is 4.23. The predicted molar refractivity (Wildman–Crippen MR) is 97.2 cm³/mol. The van der Waals surface area contributed by atoms with Crippen molar-refractivity contribution in [2.75, 3.05) is 6.61 Å². The average molecular weight is 412 g/mol. The number of alkyl halides is 2. The van der Waals surface area contributed by atoms with E-state index in [1.165, 1.54) is 6.92 Å². The number of carbonyl (C=O) groups is 2. The van der Waals surface area contributed by atoms with Gasteiger partial charge < -0.3 is 20.4 Å². The number of rotatable bonds is 2. The molecular formula is C21H26F2O6. The molecule has 4 rings (SSSR count). The van der Waals surface area contributed by atoms with Gasteiger partial charge in [0.2, 0.25) is 0 Å². The van der Waals surface area contributed by atoms with Crippen LogP contribution in [0.3, 0.4) is 0 Å². The zero-order valence-corrected chi connectivity index (χ0v) is 16.4. The normalized spacial score (nSPS) is 51.5. The van der Waals surface area contributed by atoms with Crippen LogP contribution < -0.4 is 0 Å². The van der Waals surface area contributed by atoms with E-state index in [-0.39, 0.29) is 31.3 Å². The second-order valence-electron chi connectivity index (χ2n) is 9.45. The van der Waals surface area contributed by atoms with E-state index < -0.39 is 70.1 Å². The lowest BCUT2D eigenvalue weighted by Gasteiger charge is -2.61. The quantitative estimate of drug-likeness (QED) is 0.546. The number of aliphatic hydroxyl groups excluding tert-OH is 3. The van der Waals surface area contributed by atoms with Crippen molar-refractivity contribution in [3.8, 4) is 0 Å². The standard InChI is InChI=1S/C21H26F2O6/c1-18-3-4-20(23)12(11(18)8-16(27)21(18,29)17(28)9-24)7-14(22)13-5-10(25)6-15(26)19(13,20)2/h5-6,11-12,14,16,24-25,27,29H,3-4,7-9H2,1-2H3/t11-,12?,14-,16+,18-,19?,20?,21-/m0/s1. The Morgan fingerprint density at radius 1 is 1.21 bits per heavy atom. The molecule has 4 aliphatic rings. The monoisotopic (exact) mass is 412 g/mol. The molecule has 0 aromatic heterocycles. The van der Waals surface area contributed by atoms with Crippen LogP contribution in [-0.4, -0.2) is 62.1 Å². The molecule has 0 bridgehead atoms. The maximum Gasteiger partial charge on any atom is 0.192 e. The lowest BCUT2D eigenvalue weighted by molar-refractivity contribution is -0.195. The largest absolute Gasteiger partial charge is 0.508 e. The minimum Gasteiger partial charge on any atom is -0.508 e. The van der Waals surface area contributed by atoms with Crippen LogP contribution in [0.1, 0.15) is 39.5 Å². The first-order valence-electron chi connectivity index (χ1n) is 9.92. The lowest BCUT2D eigenvalue weighted by atomic mass is 9.44. The highest BCUT2D eigenvalue weighted by Crippen LogP contribution is 2.70. The van der Waals surface area contributed by atoms with Crippen molar-refractivity contribution >= 4 is 11.6 Å². The van der Waals surface area contributed by atoms with E-state index in [9.17, 15) is 30.0 Å².